The molecule has 16 heavy (non-hydrogen) atoms. The van der Waals surface area contributed by atoms with E-state index in [-0.39, 0.29) is 11.6 Å². The summed E-state index contributed by atoms with van der Waals surface area (Å²) in [6.45, 7) is 8.19. The number of hydrogen-bond donors (Lipinski definition) is 1. The van der Waals surface area contributed by atoms with E-state index in [2.05, 4.69) is 0 Å². The first-order chi connectivity index (χ1) is 7.14. The third kappa shape index (κ3) is 1.90. The van der Waals surface area contributed by atoms with Gasteiger partial charge in [0.1, 0.15) is 5.60 Å². The van der Waals surface area contributed by atoms with Gasteiger partial charge in [0.25, 0.3) is 0 Å². The Morgan fingerprint density at radius 1 is 1.38 bits per heavy atom. The fourth-order valence-electron chi connectivity index (χ4n) is 2.88. The van der Waals surface area contributed by atoms with Gasteiger partial charge >= 0.3 is 6.09 Å². The second-order valence-electron chi connectivity index (χ2n) is 6.46. The Labute approximate surface area is 96.6 Å². The van der Waals surface area contributed by atoms with Crippen molar-refractivity contribution in [3.05, 3.63) is 0 Å². The fourth-order valence-corrected chi connectivity index (χ4v) is 2.88. The number of hydrogen-bond acceptors (Lipinski definition) is 3. The van der Waals surface area contributed by atoms with Crippen molar-refractivity contribution in [3.63, 3.8) is 0 Å². The highest BCUT2D eigenvalue weighted by Gasteiger charge is 2.61. The van der Waals surface area contributed by atoms with E-state index in [0.29, 0.717) is 12.8 Å². The lowest BCUT2D eigenvalue weighted by atomic mass is 9.59. The number of ether oxygens (including phenoxy) is 1. The monoisotopic (exact) mass is 227 g/mol. The maximum Gasteiger partial charge on any atom is 0.410 e. The number of carbonyl (C=O) groups is 1. The Hall–Kier alpha value is -0.770. The van der Waals surface area contributed by atoms with E-state index in [1.54, 1.807) is 4.90 Å². The largest absolute Gasteiger partial charge is 0.444 e. The van der Waals surface area contributed by atoms with Gasteiger partial charge in [0.15, 0.2) is 0 Å². The summed E-state index contributed by atoms with van der Waals surface area (Å²) >= 11 is 0. The van der Waals surface area contributed by atoms with Crippen LogP contribution in [0.15, 0.2) is 0 Å². The molecule has 1 aliphatic heterocycles. The molecule has 0 aromatic rings. The number of nitrogens with zero attached hydrogens (tertiary/aromatic N) is 1. The highest BCUT2D eigenvalue weighted by Crippen LogP contribution is 2.52. The van der Waals surface area contributed by atoms with Crippen molar-refractivity contribution in [2.24, 2.45) is 0 Å². The standard InChI is InChI=1S/C12H21NO3/c1-10(2,3)16-9(14)13-6-5-12(13)7-11(4,15)8-12/h15H,5-8H2,1-4H3. The molecule has 0 aromatic heterocycles. The predicted molar refractivity (Wildman–Crippen MR) is 60.1 cm³/mol. The Morgan fingerprint density at radius 2 is 1.94 bits per heavy atom. The third-order valence-electron chi connectivity index (χ3n) is 3.41. The summed E-state index contributed by atoms with van der Waals surface area (Å²) in [5, 5.41) is 9.77. The first kappa shape index (κ1) is 11.7. The van der Waals surface area contributed by atoms with Crippen LogP contribution < -0.4 is 0 Å². The highest BCUT2D eigenvalue weighted by molar-refractivity contribution is 5.71. The molecule has 4 heteroatoms. The molecule has 2 aliphatic rings. The summed E-state index contributed by atoms with van der Waals surface area (Å²) in [5.74, 6) is 0. The third-order valence-corrected chi connectivity index (χ3v) is 3.41. The Kier molecular flexibility index (Phi) is 2.29. The van der Waals surface area contributed by atoms with E-state index in [1.165, 1.54) is 0 Å². The number of amides is 1. The van der Waals surface area contributed by atoms with Gasteiger partial charge in [-0.1, -0.05) is 0 Å². The summed E-state index contributed by atoms with van der Waals surface area (Å²) in [4.78, 5) is 13.7. The first-order valence-corrected chi connectivity index (χ1v) is 5.87. The molecule has 0 unspecified atom stereocenters. The van der Waals surface area contributed by atoms with Crippen molar-refractivity contribution >= 4 is 6.09 Å². The second-order valence-corrected chi connectivity index (χ2v) is 6.46. The Balaban J connectivity index is 1.95. The summed E-state index contributed by atoms with van der Waals surface area (Å²) in [6, 6.07) is 0. The molecule has 0 radical (unpaired) electrons. The van der Waals surface area contributed by atoms with Gasteiger partial charge < -0.3 is 14.7 Å². The average molecular weight is 227 g/mol. The maximum absolute atomic E-state index is 11.9. The predicted octanol–water partition coefficient (Wildman–Crippen LogP) is 1.91. The lowest BCUT2D eigenvalue weighted by Gasteiger charge is -2.63. The quantitative estimate of drug-likeness (QED) is 0.687. The molecule has 1 amide bonds. The summed E-state index contributed by atoms with van der Waals surface area (Å²) in [6.07, 6.45) is 2.11. The number of rotatable bonds is 0. The molecule has 1 aliphatic carbocycles. The van der Waals surface area contributed by atoms with E-state index in [1.807, 2.05) is 27.7 Å². The van der Waals surface area contributed by atoms with Gasteiger partial charge in [0.2, 0.25) is 0 Å². The lowest BCUT2D eigenvalue weighted by molar-refractivity contribution is -0.175. The summed E-state index contributed by atoms with van der Waals surface area (Å²) in [5.41, 5.74) is -1.15. The van der Waals surface area contributed by atoms with Crippen molar-refractivity contribution in [2.75, 3.05) is 6.54 Å². The van der Waals surface area contributed by atoms with E-state index in [4.69, 9.17) is 4.74 Å². The van der Waals surface area contributed by atoms with Crippen LogP contribution in [0.5, 0.6) is 0 Å². The number of likely N-dealkylation sites (tertiary alicyclic amines) is 1. The van der Waals surface area contributed by atoms with Crippen LogP contribution in [-0.4, -0.2) is 39.4 Å². The topological polar surface area (TPSA) is 49.8 Å². The van der Waals surface area contributed by atoms with E-state index in [9.17, 15) is 9.90 Å². The van der Waals surface area contributed by atoms with E-state index in [0.717, 1.165) is 13.0 Å². The van der Waals surface area contributed by atoms with Crippen molar-refractivity contribution in [2.45, 2.75) is 63.7 Å². The molecule has 0 bridgehead atoms. The van der Waals surface area contributed by atoms with Gasteiger partial charge in [-0.15, -0.1) is 0 Å². The van der Waals surface area contributed by atoms with Crippen molar-refractivity contribution in [1.82, 2.24) is 4.90 Å². The molecule has 1 N–H and O–H groups in total. The van der Waals surface area contributed by atoms with Gasteiger partial charge in [-0.25, -0.2) is 4.79 Å². The van der Waals surface area contributed by atoms with Gasteiger partial charge in [0, 0.05) is 6.54 Å². The number of carbonyl (C=O) groups excluding carboxylic acids is 1. The normalized spacial score (nSPS) is 37.9. The molecule has 92 valence electrons. The van der Waals surface area contributed by atoms with Crippen LogP contribution in [0.2, 0.25) is 0 Å². The molecule has 4 nitrogen and oxygen atoms in total. The molecule has 1 spiro atoms. The number of aliphatic hydroxyl groups is 1. The maximum atomic E-state index is 11.9. The minimum atomic E-state index is -0.597. The molecule has 1 heterocycles. The minimum absolute atomic E-state index is 0.105. The fraction of sp³-hybridized carbons (Fsp3) is 0.917. The van der Waals surface area contributed by atoms with E-state index < -0.39 is 11.2 Å². The zero-order chi connectivity index (χ0) is 12.2. The molecule has 2 fully saturated rings. The van der Waals surface area contributed by atoms with Gasteiger partial charge in [-0.3, -0.25) is 0 Å². The second kappa shape index (κ2) is 3.13. The Morgan fingerprint density at radius 3 is 2.25 bits per heavy atom. The minimum Gasteiger partial charge on any atom is -0.444 e. The first-order valence-electron chi connectivity index (χ1n) is 5.87. The van der Waals surface area contributed by atoms with E-state index >= 15 is 0 Å². The molecular formula is C12H21NO3. The van der Waals surface area contributed by atoms with Crippen LogP contribution >= 0.6 is 0 Å². The molecular weight excluding hydrogens is 206 g/mol. The van der Waals surface area contributed by atoms with Crippen LogP contribution in [0.1, 0.15) is 47.0 Å². The molecule has 0 aromatic carbocycles. The molecule has 1 saturated carbocycles. The van der Waals surface area contributed by atoms with Crippen molar-refractivity contribution < 1.29 is 14.6 Å². The zero-order valence-corrected chi connectivity index (χ0v) is 10.5. The summed E-state index contributed by atoms with van der Waals surface area (Å²) < 4.78 is 5.35. The van der Waals surface area contributed by atoms with Crippen LogP contribution in [0.3, 0.4) is 0 Å². The van der Waals surface area contributed by atoms with Crippen LogP contribution in [-0.2, 0) is 4.74 Å². The molecule has 0 atom stereocenters. The van der Waals surface area contributed by atoms with Crippen LogP contribution in [0.25, 0.3) is 0 Å². The molecule has 2 rings (SSSR count). The highest BCUT2D eigenvalue weighted by atomic mass is 16.6. The average Bonchev–Trinajstić information content (AvgIpc) is 1.92. The van der Waals surface area contributed by atoms with Crippen LogP contribution in [0, 0.1) is 0 Å². The smallest absolute Gasteiger partial charge is 0.410 e. The SMILES string of the molecule is CC1(O)CC2(CCN2C(=O)OC(C)(C)C)C1. The van der Waals surface area contributed by atoms with Crippen molar-refractivity contribution in [3.8, 4) is 0 Å². The van der Waals surface area contributed by atoms with Crippen molar-refractivity contribution in [1.29, 1.82) is 0 Å². The lowest BCUT2D eigenvalue weighted by Crippen LogP contribution is -2.73. The zero-order valence-electron chi connectivity index (χ0n) is 10.5. The van der Waals surface area contributed by atoms with Gasteiger partial charge in [0.05, 0.1) is 11.1 Å². The molecule has 1 saturated heterocycles. The van der Waals surface area contributed by atoms with Crippen LogP contribution in [0.4, 0.5) is 4.79 Å². The van der Waals surface area contributed by atoms with Gasteiger partial charge in [-0.2, -0.15) is 0 Å². The van der Waals surface area contributed by atoms with Gasteiger partial charge in [-0.05, 0) is 47.0 Å². The Bertz CT molecular complexity index is 309. The summed E-state index contributed by atoms with van der Waals surface area (Å²) in [7, 11) is 0.